The first kappa shape index (κ1) is 22.9. The molecule has 1 heterocycles. The van der Waals surface area contributed by atoms with Gasteiger partial charge in [0, 0.05) is 44.5 Å². The number of azide groups is 1. The normalized spacial score (nSPS) is 11.7. The zero-order valence-corrected chi connectivity index (χ0v) is 18.8. The average molecular weight is 456 g/mol. The number of methoxy groups -OCH3 is 1. The van der Waals surface area contributed by atoms with Crippen LogP contribution in [0.2, 0.25) is 0 Å². The Morgan fingerprint density at radius 3 is 2.18 bits per heavy atom. The zero-order chi connectivity index (χ0) is 23.9. The molecular weight excluding hydrogens is 430 g/mol. The van der Waals surface area contributed by atoms with Gasteiger partial charge in [0.15, 0.2) is 0 Å². The number of fused-ring (bicyclic) bond motifs is 3. The van der Waals surface area contributed by atoms with Gasteiger partial charge >= 0.3 is 5.97 Å². The van der Waals surface area contributed by atoms with Gasteiger partial charge in [-0.05, 0) is 49.1 Å². The van der Waals surface area contributed by atoms with E-state index in [9.17, 15) is 9.59 Å². The number of esters is 1. The van der Waals surface area contributed by atoms with E-state index in [1.165, 1.54) is 7.11 Å². The summed E-state index contributed by atoms with van der Waals surface area (Å²) in [5.41, 5.74) is 11.4. The maximum absolute atomic E-state index is 12.8. The Labute approximate surface area is 196 Å². The van der Waals surface area contributed by atoms with Crippen LogP contribution in [-0.4, -0.2) is 30.1 Å². The summed E-state index contributed by atoms with van der Waals surface area (Å²) in [6.07, 6.45) is 2.04. The van der Waals surface area contributed by atoms with Gasteiger partial charge in [-0.15, -0.1) is 0 Å². The van der Waals surface area contributed by atoms with E-state index < -0.39 is 6.04 Å². The number of hydrogen-bond donors (Lipinski definition) is 1. The minimum absolute atomic E-state index is 0.195. The van der Waals surface area contributed by atoms with Gasteiger partial charge in [-0.1, -0.05) is 53.6 Å². The molecule has 0 saturated heterocycles. The third kappa shape index (κ3) is 4.72. The molecule has 8 heteroatoms. The zero-order valence-electron chi connectivity index (χ0n) is 18.8. The van der Waals surface area contributed by atoms with Crippen LogP contribution in [0.3, 0.4) is 0 Å². The topological polar surface area (TPSA) is 109 Å². The SMILES string of the molecule is COC(=O)C(CCCCNC(=O)c1ccc(N=[N+]=[N-])cc1)n1c2ccccc2c2ccccc21. The number of nitrogens with zero attached hydrogens (tertiary/aromatic N) is 4. The Bertz CT molecular complexity index is 1320. The standard InChI is InChI=1S/C26H25N5O3/c1-34-26(33)24(31-22-10-4-2-8-20(22)21-9-3-5-11-23(21)31)12-6-7-17-28-25(32)18-13-15-19(16-14-18)29-30-27/h2-5,8-11,13-16,24H,6-7,12,17H2,1H3,(H,28,32). The molecule has 1 atom stereocenters. The molecular formula is C26H25N5O3. The maximum atomic E-state index is 12.8. The number of carbonyl (C=O) groups is 2. The quantitative estimate of drug-likeness (QED) is 0.109. The second-order valence-electron chi connectivity index (χ2n) is 7.93. The first-order valence-corrected chi connectivity index (χ1v) is 11.1. The summed E-state index contributed by atoms with van der Waals surface area (Å²) in [5.74, 6) is -0.477. The number of rotatable bonds is 9. The highest BCUT2D eigenvalue weighted by Crippen LogP contribution is 2.33. The van der Waals surface area contributed by atoms with Gasteiger partial charge in [0.1, 0.15) is 6.04 Å². The van der Waals surface area contributed by atoms with Gasteiger partial charge in [-0.3, -0.25) is 4.79 Å². The van der Waals surface area contributed by atoms with Crippen molar-refractivity contribution < 1.29 is 14.3 Å². The van der Waals surface area contributed by atoms with Crippen molar-refractivity contribution in [2.45, 2.75) is 25.3 Å². The minimum Gasteiger partial charge on any atom is -0.467 e. The van der Waals surface area contributed by atoms with Crippen LogP contribution in [0.15, 0.2) is 77.9 Å². The molecule has 0 spiro atoms. The van der Waals surface area contributed by atoms with Crippen molar-refractivity contribution >= 4 is 39.4 Å². The molecule has 0 radical (unpaired) electrons. The van der Waals surface area contributed by atoms with E-state index in [-0.39, 0.29) is 11.9 Å². The van der Waals surface area contributed by atoms with Crippen LogP contribution in [0, 0.1) is 0 Å². The Hall–Kier alpha value is -4.29. The lowest BCUT2D eigenvalue weighted by Crippen LogP contribution is -2.25. The average Bonchev–Trinajstić information content (AvgIpc) is 3.20. The second kappa shape index (κ2) is 10.6. The predicted molar refractivity (Wildman–Crippen MR) is 132 cm³/mol. The Balaban J connectivity index is 1.43. The molecule has 0 aliphatic heterocycles. The van der Waals surface area contributed by atoms with Crippen molar-refractivity contribution in [3.63, 3.8) is 0 Å². The Morgan fingerprint density at radius 1 is 0.971 bits per heavy atom. The number of amides is 1. The van der Waals surface area contributed by atoms with E-state index in [0.29, 0.717) is 30.6 Å². The number of ether oxygens (including phenoxy) is 1. The van der Waals surface area contributed by atoms with Gasteiger partial charge in [0.2, 0.25) is 0 Å². The van der Waals surface area contributed by atoms with Crippen molar-refractivity contribution in [1.29, 1.82) is 0 Å². The first-order chi connectivity index (χ1) is 16.6. The molecule has 1 unspecified atom stereocenters. The number of hydrogen-bond acceptors (Lipinski definition) is 4. The van der Waals surface area contributed by atoms with E-state index in [1.807, 2.05) is 36.4 Å². The molecule has 172 valence electrons. The summed E-state index contributed by atoms with van der Waals surface area (Å²) < 4.78 is 7.22. The van der Waals surface area contributed by atoms with Crippen LogP contribution in [0.5, 0.6) is 0 Å². The molecule has 1 aromatic heterocycles. The minimum atomic E-state index is -0.460. The highest BCUT2D eigenvalue weighted by molar-refractivity contribution is 6.08. The fourth-order valence-electron chi connectivity index (χ4n) is 4.27. The lowest BCUT2D eigenvalue weighted by Gasteiger charge is -2.19. The van der Waals surface area contributed by atoms with Crippen LogP contribution in [-0.2, 0) is 9.53 Å². The molecule has 8 nitrogen and oxygen atoms in total. The summed E-state index contributed by atoms with van der Waals surface area (Å²) in [6, 6.07) is 22.1. The molecule has 0 aliphatic carbocycles. The second-order valence-corrected chi connectivity index (χ2v) is 7.93. The summed E-state index contributed by atoms with van der Waals surface area (Å²) in [5, 5.41) is 8.60. The van der Waals surface area contributed by atoms with E-state index in [2.05, 4.69) is 32.0 Å². The smallest absolute Gasteiger partial charge is 0.328 e. The van der Waals surface area contributed by atoms with E-state index in [0.717, 1.165) is 28.2 Å². The van der Waals surface area contributed by atoms with E-state index >= 15 is 0 Å². The summed E-state index contributed by atoms with van der Waals surface area (Å²) in [7, 11) is 1.41. The number of unbranched alkanes of at least 4 members (excludes halogenated alkanes) is 1. The monoisotopic (exact) mass is 455 g/mol. The highest BCUT2D eigenvalue weighted by atomic mass is 16.5. The van der Waals surface area contributed by atoms with Crippen LogP contribution in [0.25, 0.3) is 32.2 Å². The summed E-state index contributed by atoms with van der Waals surface area (Å²) in [4.78, 5) is 27.9. The van der Waals surface area contributed by atoms with Crippen LogP contribution in [0.1, 0.15) is 35.7 Å². The summed E-state index contributed by atoms with van der Waals surface area (Å²) in [6.45, 7) is 0.484. The van der Waals surface area contributed by atoms with Crippen molar-refractivity contribution in [3.8, 4) is 0 Å². The van der Waals surface area contributed by atoms with Crippen molar-refractivity contribution in [2.24, 2.45) is 5.11 Å². The highest BCUT2D eigenvalue weighted by Gasteiger charge is 2.25. The van der Waals surface area contributed by atoms with Gasteiger partial charge in [-0.2, -0.15) is 0 Å². The molecule has 0 fully saturated rings. The largest absolute Gasteiger partial charge is 0.467 e. The molecule has 3 aromatic carbocycles. The lowest BCUT2D eigenvalue weighted by molar-refractivity contribution is -0.144. The molecule has 0 saturated carbocycles. The van der Waals surface area contributed by atoms with Crippen LogP contribution in [0.4, 0.5) is 5.69 Å². The number of benzene rings is 3. The Morgan fingerprint density at radius 2 is 1.59 bits per heavy atom. The van der Waals surface area contributed by atoms with Crippen molar-refractivity contribution in [2.75, 3.05) is 13.7 Å². The third-order valence-corrected chi connectivity index (χ3v) is 5.88. The fraction of sp³-hybridized carbons (Fsp3) is 0.231. The van der Waals surface area contributed by atoms with Gasteiger partial charge < -0.3 is 14.6 Å². The van der Waals surface area contributed by atoms with Crippen LogP contribution >= 0.6 is 0 Å². The van der Waals surface area contributed by atoms with Gasteiger partial charge in [0.05, 0.1) is 7.11 Å². The molecule has 1 amide bonds. The van der Waals surface area contributed by atoms with Gasteiger partial charge in [0.25, 0.3) is 5.91 Å². The maximum Gasteiger partial charge on any atom is 0.328 e. The number of carbonyl (C=O) groups excluding carboxylic acids is 2. The molecule has 34 heavy (non-hydrogen) atoms. The van der Waals surface area contributed by atoms with Crippen molar-refractivity contribution in [1.82, 2.24) is 9.88 Å². The van der Waals surface area contributed by atoms with E-state index in [4.69, 9.17) is 10.3 Å². The number of para-hydroxylation sites is 2. The van der Waals surface area contributed by atoms with Gasteiger partial charge in [-0.25, -0.2) is 4.79 Å². The third-order valence-electron chi connectivity index (χ3n) is 5.88. The molecule has 1 N–H and O–H groups in total. The lowest BCUT2D eigenvalue weighted by atomic mass is 10.1. The van der Waals surface area contributed by atoms with Crippen LogP contribution < -0.4 is 5.32 Å². The first-order valence-electron chi connectivity index (χ1n) is 11.1. The number of aromatic nitrogens is 1. The Kier molecular flexibility index (Phi) is 7.10. The molecule has 4 aromatic rings. The number of nitrogens with one attached hydrogen (secondary N) is 1. The van der Waals surface area contributed by atoms with E-state index in [1.54, 1.807) is 24.3 Å². The molecule has 0 bridgehead atoms. The fourth-order valence-corrected chi connectivity index (χ4v) is 4.27. The molecule has 4 rings (SSSR count). The molecule has 0 aliphatic rings. The van der Waals surface area contributed by atoms with Crippen molar-refractivity contribution in [3.05, 3.63) is 88.8 Å². The predicted octanol–water partition coefficient (Wildman–Crippen LogP) is 6.05. The summed E-state index contributed by atoms with van der Waals surface area (Å²) >= 11 is 0.